The first-order valence-corrected chi connectivity index (χ1v) is 7.22. The predicted octanol–water partition coefficient (Wildman–Crippen LogP) is 3.99. The van der Waals surface area contributed by atoms with Crippen LogP contribution < -0.4 is 10.6 Å². The number of aromatic nitrogens is 1. The topological polar surface area (TPSA) is 57.3 Å². The number of urea groups is 1. The fraction of sp³-hybridized carbons (Fsp3) is 0.200. The minimum absolute atomic E-state index is 0.186. The van der Waals surface area contributed by atoms with Gasteiger partial charge in [0.1, 0.15) is 11.6 Å². The van der Waals surface area contributed by atoms with Crippen LogP contribution in [0, 0.1) is 5.82 Å². The van der Waals surface area contributed by atoms with Crippen molar-refractivity contribution in [1.29, 1.82) is 0 Å². The van der Waals surface area contributed by atoms with E-state index in [0.717, 1.165) is 5.56 Å². The van der Waals surface area contributed by atoms with Crippen molar-refractivity contribution in [2.45, 2.75) is 13.5 Å². The van der Waals surface area contributed by atoms with Crippen LogP contribution in [0.4, 0.5) is 26.4 Å². The largest absolute Gasteiger partial charge is 0.353 e. The van der Waals surface area contributed by atoms with Gasteiger partial charge in [0, 0.05) is 29.0 Å². The van der Waals surface area contributed by atoms with Gasteiger partial charge in [0.25, 0.3) is 0 Å². The van der Waals surface area contributed by atoms with Gasteiger partial charge in [-0.1, -0.05) is 11.6 Å². The van der Waals surface area contributed by atoms with Gasteiger partial charge in [0.2, 0.25) is 0 Å². The molecule has 114 valence electrons. The van der Waals surface area contributed by atoms with Crippen molar-refractivity contribution in [3.8, 4) is 0 Å². The van der Waals surface area contributed by atoms with E-state index >= 15 is 0 Å². The van der Waals surface area contributed by atoms with Gasteiger partial charge >= 0.3 is 6.03 Å². The van der Waals surface area contributed by atoms with Crippen molar-refractivity contribution in [2.24, 2.45) is 0 Å². The van der Waals surface area contributed by atoms with Crippen LogP contribution in [-0.2, 0) is 6.54 Å². The van der Waals surface area contributed by atoms with E-state index in [0.29, 0.717) is 29.6 Å². The quantitative estimate of drug-likeness (QED) is 0.899. The lowest BCUT2D eigenvalue weighted by Gasteiger charge is -2.29. The maximum Gasteiger partial charge on any atom is 0.323 e. The molecule has 2 heterocycles. The smallest absolute Gasteiger partial charge is 0.323 e. The van der Waals surface area contributed by atoms with Crippen molar-refractivity contribution in [2.75, 3.05) is 17.2 Å². The first kappa shape index (κ1) is 14.6. The Morgan fingerprint density at radius 1 is 1.41 bits per heavy atom. The van der Waals surface area contributed by atoms with E-state index < -0.39 is 5.82 Å². The van der Waals surface area contributed by atoms with Crippen LogP contribution in [0.15, 0.2) is 30.5 Å². The second kappa shape index (κ2) is 5.81. The molecule has 22 heavy (non-hydrogen) atoms. The molecule has 2 aromatic rings. The molecule has 2 amide bonds. The summed E-state index contributed by atoms with van der Waals surface area (Å²) >= 11 is 5.91. The van der Waals surface area contributed by atoms with Crippen LogP contribution >= 0.6 is 11.6 Å². The average molecular weight is 321 g/mol. The van der Waals surface area contributed by atoms with Gasteiger partial charge in [0.15, 0.2) is 0 Å². The number of anilines is 3. The van der Waals surface area contributed by atoms with E-state index in [1.165, 1.54) is 18.2 Å². The lowest BCUT2D eigenvalue weighted by Crippen LogP contribution is -2.39. The maximum absolute atomic E-state index is 13.9. The molecule has 0 unspecified atom stereocenters. The van der Waals surface area contributed by atoms with Gasteiger partial charge < -0.3 is 10.2 Å². The number of halogens is 2. The number of rotatable bonds is 3. The van der Waals surface area contributed by atoms with E-state index in [9.17, 15) is 9.18 Å². The van der Waals surface area contributed by atoms with Gasteiger partial charge in [0.05, 0.1) is 12.2 Å². The van der Waals surface area contributed by atoms with Crippen LogP contribution in [0.3, 0.4) is 0 Å². The van der Waals surface area contributed by atoms with Gasteiger partial charge in [-0.15, -0.1) is 0 Å². The summed E-state index contributed by atoms with van der Waals surface area (Å²) in [5, 5.41) is 6.19. The fourth-order valence-electron chi connectivity index (χ4n) is 2.31. The van der Waals surface area contributed by atoms with Crippen LogP contribution in [0.5, 0.6) is 0 Å². The number of pyridine rings is 1. The summed E-state index contributed by atoms with van der Waals surface area (Å²) in [4.78, 5) is 17.6. The summed E-state index contributed by atoms with van der Waals surface area (Å²) in [5.41, 5.74) is 1.77. The van der Waals surface area contributed by atoms with E-state index in [2.05, 4.69) is 15.6 Å². The molecule has 3 rings (SSSR count). The Balaban J connectivity index is 1.97. The molecule has 7 heteroatoms. The highest BCUT2D eigenvalue weighted by atomic mass is 35.5. The SMILES string of the molecule is CCN1Cc2c(Nc3cc(Cl)ccc3F)ccnc2NC1=O. The number of carbonyl (C=O) groups is 1. The molecule has 1 aromatic heterocycles. The molecule has 0 bridgehead atoms. The zero-order chi connectivity index (χ0) is 15.7. The van der Waals surface area contributed by atoms with Crippen LogP contribution in [0.1, 0.15) is 12.5 Å². The summed E-state index contributed by atoms with van der Waals surface area (Å²) in [6.07, 6.45) is 1.56. The maximum atomic E-state index is 13.9. The van der Waals surface area contributed by atoms with Crippen molar-refractivity contribution in [1.82, 2.24) is 9.88 Å². The van der Waals surface area contributed by atoms with Crippen LogP contribution in [0.2, 0.25) is 5.02 Å². The third kappa shape index (κ3) is 2.69. The van der Waals surface area contributed by atoms with Crippen LogP contribution in [0.25, 0.3) is 0 Å². The minimum Gasteiger partial charge on any atom is -0.353 e. The molecule has 1 aromatic carbocycles. The van der Waals surface area contributed by atoms with Gasteiger partial charge in [-0.25, -0.2) is 14.2 Å². The summed E-state index contributed by atoms with van der Waals surface area (Å²) in [6.45, 7) is 2.88. The number of hydrogen-bond donors (Lipinski definition) is 2. The standard InChI is InChI=1S/C15H14ClFN4O/c1-2-21-8-10-12(5-6-18-14(10)20-15(21)22)19-13-7-9(16)3-4-11(13)17/h3-7H,2,8H2,1H3,(H2,18,19,20,22). The fourth-order valence-corrected chi connectivity index (χ4v) is 2.49. The monoisotopic (exact) mass is 320 g/mol. The third-order valence-electron chi connectivity index (χ3n) is 3.50. The molecular formula is C15H14ClFN4O. The summed E-state index contributed by atoms with van der Waals surface area (Å²) in [5.74, 6) is 0.0873. The number of amides is 2. The molecule has 0 spiro atoms. The summed E-state index contributed by atoms with van der Waals surface area (Å²) < 4.78 is 13.9. The molecule has 0 radical (unpaired) electrons. The molecule has 1 aliphatic heterocycles. The predicted molar refractivity (Wildman–Crippen MR) is 84.0 cm³/mol. The molecule has 1 aliphatic rings. The Morgan fingerprint density at radius 2 is 2.23 bits per heavy atom. The molecular weight excluding hydrogens is 307 g/mol. The molecule has 0 aliphatic carbocycles. The van der Waals surface area contributed by atoms with Crippen molar-refractivity contribution in [3.05, 3.63) is 46.9 Å². The minimum atomic E-state index is -0.401. The second-order valence-electron chi connectivity index (χ2n) is 4.88. The average Bonchev–Trinajstić information content (AvgIpc) is 2.50. The van der Waals surface area contributed by atoms with Gasteiger partial charge in [-0.05, 0) is 31.2 Å². The van der Waals surface area contributed by atoms with E-state index in [1.54, 1.807) is 17.2 Å². The van der Waals surface area contributed by atoms with Crippen LogP contribution in [-0.4, -0.2) is 22.5 Å². The highest BCUT2D eigenvalue weighted by Crippen LogP contribution is 2.31. The molecule has 5 nitrogen and oxygen atoms in total. The zero-order valence-corrected chi connectivity index (χ0v) is 12.6. The van der Waals surface area contributed by atoms with Gasteiger partial charge in [-0.2, -0.15) is 0 Å². The Bertz CT molecular complexity index is 737. The Kier molecular flexibility index (Phi) is 3.85. The normalized spacial score (nSPS) is 13.6. The number of fused-ring (bicyclic) bond motifs is 1. The first-order chi connectivity index (χ1) is 10.6. The highest BCUT2D eigenvalue weighted by Gasteiger charge is 2.24. The van der Waals surface area contributed by atoms with E-state index in [1.807, 2.05) is 6.92 Å². The third-order valence-corrected chi connectivity index (χ3v) is 3.73. The Labute approximate surface area is 132 Å². The number of hydrogen-bond acceptors (Lipinski definition) is 3. The summed E-state index contributed by atoms with van der Waals surface area (Å²) in [7, 11) is 0. The highest BCUT2D eigenvalue weighted by molar-refractivity contribution is 6.30. The Hall–Kier alpha value is -2.34. The Morgan fingerprint density at radius 3 is 3.00 bits per heavy atom. The number of nitrogens with zero attached hydrogens (tertiary/aromatic N) is 2. The molecule has 0 saturated heterocycles. The lowest BCUT2D eigenvalue weighted by molar-refractivity contribution is 0.209. The van der Waals surface area contributed by atoms with Gasteiger partial charge in [-0.3, -0.25) is 5.32 Å². The van der Waals surface area contributed by atoms with E-state index in [-0.39, 0.29) is 11.7 Å². The second-order valence-corrected chi connectivity index (χ2v) is 5.32. The summed E-state index contributed by atoms with van der Waals surface area (Å²) in [6, 6.07) is 5.86. The number of nitrogens with one attached hydrogen (secondary N) is 2. The zero-order valence-electron chi connectivity index (χ0n) is 11.9. The molecule has 0 fully saturated rings. The lowest BCUT2D eigenvalue weighted by atomic mass is 10.1. The first-order valence-electron chi connectivity index (χ1n) is 6.84. The molecule has 0 saturated carbocycles. The number of carbonyl (C=O) groups excluding carboxylic acids is 1. The molecule has 0 atom stereocenters. The van der Waals surface area contributed by atoms with Crippen molar-refractivity contribution < 1.29 is 9.18 Å². The van der Waals surface area contributed by atoms with Crippen molar-refractivity contribution in [3.63, 3.8) is 0 Å². The van der Waals surface area contributed by atoms with E-state index in [4.69, 9.17) is 11.6 Å². The number of benzene rings is 1. The van der Waals surface area contributed by atoms with Crippen molar-refractivity contribution >= 4 is 34.8 Å². The molecule has 2 N–H and O–H groups in total.